The maximum absolute atomic E-state index is 6.05. The van der Waals surface area contributed by atoms with Crippen LogP contribution in [0.1, 0.15) is 29.8 Å². The van der Waals surface area contributed by atoms with E-state index in [9.17, 15) is 0 Å². The van der Waals surface area contributed by atoms with Gasteiger partial charge in [-0.25, -0.2) is 0 Å². The van der Waals surface area contributed by atoms with Gasteiger partial charge in [-0.1, -0.05) is 52.1 Å². The average Bonchev–Trinajstić information content (AvgIpc) is 2.78. The molecule has 1 aromatic carbocycles. The van der Waals surface area contributed by atoms with E-state index in [1.54, 1.807) is 11.3 Å². The highest BCUT2D eigenvalue weighted by atomic mass is 79.9. The van der Waals surface area contributed by atoms with Crippen molar-refractivity contribution in [2.45, 2.75) is 19.4 Å². The fraction of sp³-hybridized carbons (Fsp3) is 0.286. The maximum Gasteiger partial charge on any atom is 0.0931 e. The third-order valence-corrected chi connectivity index (χ3v) is 4.97. The van der Waals surface area contributed by atoms with E-state index in [1.165, 1.54) is 10.4 Å². The Labute approximate surface area is 136 Å². The quantitative estimate of drug-likeness (QED) is 0.682. The van der Waals surface area contributed by atoms with E-state index in [2.05, 4.69) is 34.2 Å². The first-order valence-electron chi connectivity index (χ1n) is 6.05. The van der Waals surface area contributed by atoms with Crippen LogP contribution in [0.2, 0.25) is 9.36 Å². The lowest BCUT2D eigenvalue weighted by atomic mass is 10.1. The Kier molecular flexibility index (Phi) is 5.72. The normalized spacial score (nSPS) is 12.6. The molecule has 0 fully saturated rings. The molecule has 0 aliphatic carbocycles. The summed E-state index contributed by atoms with van der Waals surface area (Å²) in [6.07, 6.45) is 1.08. The van der Waals surface area contributed by atoms with E-state index >= 15 is 0 Å². The highest BCUT2D eigenvalue weighted by molar-refractivity contribution is 9.10. The summed E-state index contributed by atoms with van der Waals surface area (Å²) in [6.45, 7) is 3.11. The molecule has 0 amide bonds. The lowest BCUT2D eigenvalue weighted by molar-refractivity contribution is 0.604. The molecule has 1 nitrogen and oxygen atoms in total. The van der Waals surface area contributed by atoms with Gasteiger partial charge in [-0.15, -0.1) is 11.3 Å². The number of halogens is 3. The van der Waals surface area contributed by atoms with Gasteiger partial charge in [0.25, 0.3) is 0 Å². The number of benzene rings is 1. The summed E-state index contributed by atoms with van der Waals surface area (Å²) in [7, 11) is 0. The van der Waals surface area contributed by atoms with E-state index in [0.29, 0.717) is 0 Å². The monoisotopic (exact) mass is 377 g/mol. The highest BCUT2D eigenvalue weighted by Crippen LogP contribution is 2.35. The molecule has 19 heavy (non-hydrogen) atoms. The number of thiophene rings is 1. The van der Waals surface area contributed by atoms with E-state index in [-0.39, 0.29) is 6.04 Å². The summed E-state index contributed by atoms with van der Waals surface area (Å²) in [6, 6.07) is 10.0. The fourth-order valence-corrected chi connectivity index (χ4v) is 3.94. The molecule has 1 N–H and O–H groups in total. The third-order valence-electron chi connectivity index (χ3n) is 2.75. The highest BCUT2D eigenvalue weighted by Gasteiger charge is 2.18. The fourth-order valence-electron chi connectivity index (χ4n) is 1.87. The van der Waals surface area contributed by atoms with Crippen molar-refractivity contribution in [3.8, 4) is 0 Å². The smallest absolute Gasteiger partial charge is 0.0931 e. The minimum atomic E-state index is 0.143. The van der Waals surface area contributed by atoms with Crippen LogP contribution in [0.25, 0.3) is 0 Å². The zero-order valence-electron chi connectivity index (χ0n) is 10.4. The van der Waals surface area contributed by atoms with Gasteiger partial charge in [-0.2, -0.15) is 0 Å². The molecule has 0 radical (unpaired) electrons. The van der Waals surface area contributed by atoms with Gasteiger partial charge < -0.3 is 5.32 Å². The van der Waals surface area contributed by atoms with Crippen LogP contribution in [0.15, 0.2) is 34.8 Å². The van der Waals surface area contributed by atoms with E-state index in [4.69, 9.17) is 23.2 Å². The molecule has 102 valence electrons. The van der Waals surface area contributed by atoms with Gasteiger partial charge in [0.2, 0.25) is 0 Å². The molecule has 1 unspecified atom stereocenters. The first kappa shape index (κ1) is 15.3. The average molecular weight is 379 g/mol. The Bertz CT molecular complexity index is 556. The van der Waals surface area contributed by atoms with Crippen LogP contribution in [-0.4, -0.2) is 6.54 Å². The largest absolute Gasteiger partial charge is 0.306 e. The van der Waals surface area contributed by atoms with Crippen LogP contribution < -0.4 is 5.32 Å². The van der Waals surface area contributed by atoms with Gasteiger partial charge >= 0.3 is 0 Å². The molecule has 0 aliphatic heterocycles. The van der Waals surface area contributed by atoms with Crippen molar-refractivity contribution >= 4 is 50.5 Å². The Morgan fingerprint density at radius 1 is 1.26 bits per heavy atom. The second kappa shape index (κ2) is 7.09. The minimum Gasteiger partial charge on any atom is -0.306 e. The standard InChI is InChI=1S/C14H14BrCl2NS/c1-2-7-18-14(12-5-6-13(17)19-12)10-4-3-9(16)8-11(10)15/h3-6,8,14,18H,2,7H2,1H3. The summed E-state index contributed by atoms with van der Waals surface area (Å²) in [5.41, 5.74) is 1.18. The number of nitrogens with one attached hydrogen (secondary N) is 1. The van der Waals surface area contributed by atoms with Crippen molar-refractivity contribution in [1.29, 1.82) is 0 Å². The van der Waals surface area contributed by atoms with Crippen molar-refractivity contribution in [2.75, 3.05) is 6.54 Å². The van der Waals surface area contributed by atoms with Gasteiger partial charge in [0.1, 0.15) is 0 Å². The molecule has 0 bridgehead atoms. The van der Waals surface area contributed by atoms with Gasteiger partial charge in [0.15, 0.2) is 0 Å². The molecule has 1 aromatic heterocycles. The van der Waals surface area contributed by atoms with Crippen LogP contribution in [0.4, 0.5) is 0 Å². The van der Waals surface area contributed by atoms with Crippen LogP contribution in [0.5, 0.6) is 0 Å². The molecule has 5 heteroatoms. The van der Waals surface area contributed by atoms with Crippen molar-refractivity contribution in [2.24, 2.45) is 0 Å². The Hall–Kier alpha value is -0.0600. The Balaban J connectivity index is 2.36. The zero-order valence-corrected chi connectivity index (χ0v) is 14.3. The molecular weight excluding hydrogens is 365 g/mol. The number of rotatable bonds is 5. The number of hydrogen-bond acceptors (Lipinski definition) is 2. The second-order valence-corrected chi connectivity index (χ2v) is 7.23. The molecule has 0 spiro atoms. The Morgan fingerprint density at radius 3 is 2.63 bits per heavy atom. The topological polar surface area (TPSA) is 12.0 Å². The molecule has 1 heterocycles. The zero-order chi connectivity index (χ0) is 13.8. The van der Waals surface area contributed by atoms with Crippen molar-refractivity contribution in [1.82, 2.24) is 5.32 Å². The Morgan fingerprint density at radius 2 is 2.05 bits per heavy atom. The second-order valence-electron chi connectivity index (χ2n) is 4.19. The van der Waals surface area contributed by atoms with Crippen molar-refractivity contribution < 1.29 is 0 Å². The summed E-state index contributed by atoms with van der Waals surface area (Å²) < 4.78 is 1.82. The summed E-state index contributed by atoms with van der Waals surface area (Å²) in [5, 5.41) is 4.28. The molecule has 1 atom stereocenters. The van der Waals surface area contributed by atoms with Crippen LogP contribution in [-0.2, 0) is 0 Å². The third kappa shape index (κ3) is 3.96. The van der Waals surface area contributed by atoms with Crippen LogP contribution >= 0.6 is 50.5 Å². The van der Waals surface area contributed by atoms with E-state index in [0.717, 1.165) is 26.8 Å². The first-order valence-corrected chi connectivity index (χ1v) is 8.42. The summed E-state index contributed by atoms with van der Waals surface area (Å²) >= 11 is 17.3. The van der Waals surface area contributed by atoms with Gasteiger partial charge in [0.05, 0.1) is 10.4 Å². The van der Waals surface area contributed by atoms with Crippen LogP contribution in [0, 0.1) is 0 Å². The summed E-state index contributed by atoms with van der Waals surface area (Å²) in [5.74, 6) is 0. The molecule has 2 aromatic rings. The lowest BCUT2D eigenvalue weighted by Gasteiger charge is -2.19. The van der Waals surface area contributed by atoms with Crippen molar-refractivity contribution in [3.05, 3.63) is 54.6 Å². The molecule has 2 rings (SSSR count). The molecular formula is C14H14BrCl2NS. The van der Waals surface area contributed by atoms with Gasteiger partial charge in [0, 0.05) is 14.4 Å². The van der Waals surface area contributed by atoms with Gasteiger partial charge in [-0.05, 0) is 42.8 Å². The number of hydrogen-bond donors (Lipinski definition) is 1. The SMILES string of the molecule is CCCNC(c1ccc(Cl)s1)c1ccc(Cl)cc1Br. The first-order chi connectivity index (χ1) is 9.11. The minimum absolute atomic E-state index is 0.143. The predicted molar refractivity (Wildman–Crippen MR) is 88.6 cm³/mol. The molecule has 0 aliphatic rings. The summed E-state index contributed by atoms with van der Waals surface area (Å²) in [4.78, 5) is 1.21. The van der Waals surface area contributed by atoms with E-state index < -0.39 is 0 Å². The molecule has 0 saturated heterocycles. The van der Waals surface area contributed by atoms with Gasteiger partial charge in [-0.3, -0.25) is 0 Å². The maximum atomic E-state index is 6.05. The van der Waals surface area contributed by atoms with Crippen LogP contribution in [0.3, 0.4) is 0 Å². The predicted octanol–water partition coefficient (Wildman–Crippen LogP) is 5.91. The van der Waals surface area contributed by atoms with Crippen molar-refractivity contribution in [3.63, 3.8) is 0 Å². The lowest BCUT2D eigenvalue weighted by Crippen LogP contribution is -2.22. The molecule has 0 saturated carbocycles. The van der Waals surface area contributed by atoms with E-state index in [1.807, 2.05) is 24.3 Å².